The molecule has 5 heteroatoms. The molecule has 0 radical (unpaired) electrons. The summed E-state index contributed by atoms with van der Waals surface area (Å²) in [4.78, 5) is 13.3. The summed E-state index contributed by atoms with van der Waals surface area (Å²) in [6, 6.07) is 20.4. The zero-order valence-electron chi connectivity index (χ0n) is 14.1. The first-order valence-electron chi connectivity index (χ1n) is 8.07. The molecule has 0 aromatic heterocycles. The van der Waals surface area contributed by atoms with Gasteiger partial charge >= 0.3 is 0 Å². The lowest BCUT2D eigenvalue weighted by Crippen LogP contribution is -2.19. The minimum atomic E-state index is -0.930. The van der Waals surface area contributed by atoms with E-state index in [0.29, 0.717) is 10.6 Å². The molecule has 3 aromatic rings. The molecule has 2 nitrogen and oxygen atoms in total. The summed E-state index contributed by atoms with van der Waals surface area (Å²) < 4.78 is 26.7. The number of aryl methyl sites for hydroxylation is 1. The maximum atomic E-state index is 13.5. The van der Waals surface area contributed by atoms with Gasteiger partial charge in [0.05, 0.1) is 0 Å². The third-order valence-electron chi connectivity index (χ3n) is 3.80. The number of carbonyl (C=O) groups is 1. The Kier molecular flexibility index (Phi) is 5.68. The second-order valence-corrected chi connectivity index (χ2v) is 7.02. The van der Waals surface area contributed by atoms with Crippen LogP contribution < -0.4 is 5.32 Å². The number of carbonyl (C=O) groups excluding carboxylic acids is 1. The topological polar surface area (TPSA) is 29.1 Å². The van der Waals surface area contributed by atoms with Crippen LogP contribution in [-0.2, 0) is 4.79 Å². The van der Waals surface area contributed by atoms with Crippen molar-refractivity contribution in [3.8, 4) is 0 Å². The van der Waals surface area contributed by atoms with Crippen molar-refractivity contribution < 1.29 is 13.6 Å². The van der Waals surface area contributed by atoms with Crippen molar-refractivity contribution in [2.75, 3.05) is 5.32 Å². The van der Waals surface area contributed by atoms with Gasteiger partial charge in [0.25, 0.3) is 0 Å². The van der Waals surface area contributed by atoms with E-state index in [0.717, 1.165) is 23.3 Å². The molecule has 3 rings (SSSR count). The van der Waals surface area contributed by atoms with E-state index in [2.05, 4.69) is 5.32 Å². The molecule has 1 N–H and O–H groups in total. The molecule has 0 aliphatic rings. The number of benzene rings is 3. The van der Waals surface area contributed by atoms with Crippen LogP contribution in [0.3, 0.4) is 0 Å². The van der Waals surface area contributed by atoms with Gasteiger partial charge in [0.15, 0.2) is 11.6 Å². The van der Waals surface area contributed by atoms with E-state index in [1.165, 1.54) is 17.8 Å². The van der Waals surface area contributed by atoms with Crippen LogP contribution in [-0.4, -0.2) is 5.91 Å². The quantitative estimate of drug-likeness (QED) is 0.581. The minimum Gasteiger partial charge on any atom is -0.325 e. The van der Waals surface area contributed by atoms with Gasteiger partial charge in [-0.05, 0) is 42.8 Å². The highest BCUT2D eigenvalue weighted by atomic mass is 32.2. The first-order chi connectivity index (χ1) is 12.5. The van der Waals surface area contributed by atoms with Crippen LogP contribution >= 0.6 is 11.8 Å². The first kappa shape index (κ1) is 18.1. The van der Waals surface area contributed by atoms with Gasteiger partial charge in [-0.15, -0.1) is 11.8 Å². The minimum absolute atomic E-state index is 0.227. The number of anilines is 1. The zero-order chi connectivity index (χ0) is 18.5. The van der Waals surface area contributed by atoms with Crippen LogP contribution in [0.2, 0.25) is 0 Å². The second-order valence-electron chi connectivity index (χ2n) is 5.84. The molecule has 3 aromatic carbocycles. The highest BCUT2D eigenvalue weighted by Gasteiger charge is 2.22. The average Bonchev–Trinajstić information content (AvgIpc) is 2.65. The summed E-state index contributed by atoms with van der Waals surface area (Å²) in [6.07, 6.45) is 0. The van der Waals surface area contributed by atoms with E-state index in [1.807, 2.05) is 61.5 Å². The number of nitrogens with one attached hydrogen (secondary N) is 1. The summed E-state index contributed by atoms with van der Waals surface area (Å²) in [5.74, 6) is -2.06. The maximum Gasteiger partial charge on any atom is 0.242 e. The fourth-order valence-electron chi connectivity index (χ4n) is 2.43. The lowest BCUT2D eigenvalue weighted by Gasteiger charge is -2.17. The second kappa shape index (κ2) is 8.15. The van der Waals surface area contributed by atoms with Crippen molar-refractivity contribution in [2.45, 2.75) is 17.1 Å². The van der Waals surface area contributed by atoms with Crippen molar-refractivity contribution in [3.63, 3.8) is 0 Å². The Balaban J connectivity index is 1.86. The lowest BCUT2D eigenvalue weighted by atomic mass is 10.1. The van der Waals surface area contributed by atoms with Gasteiger partial charge in [-0.3, -0.25) is 4.79 Å². The fourth-order valence-corrected chi connectivity index (χ4v) is 3.48. The van der Waals surface area contributed by atoms with Gasteiger partial charge in [0.2, 0.25) is 5.91 Å². The number of hydrogen-bond acceptors (Lipinski definition) is 2. The van der Waals surface area contributed by atoms with Crippen LogP contribution in [0.1, 0.15) is 16.4 Å². The van der Waals surface area contributed by atoms with Crippen molar-refractivity contribution in [2.24, 2.45) is 0 Å². The van der Waals surface area contributed by atoms with E-state index in [1.54, 1.807) is 0 Å². The van der Waals surface area contributed by atoms with Crippen LogP contribution in [0, 0.1) is 18.6 Å². The summed E-state index contributed by atoms with van der Waals surface area (Å²) in [5, 5.41) is 2.29. The van der Waals surface area contributed by atoms with Crippen molar-refractivity contribution in [1.82, 2.24) is 0 Å². The van der Waals surface area contributed by atoms with E-state index in [4.69, 9.17) is 0 Å². The van der Waals surface area contributed by atoms with Gasteiger partial charge in [0.1, 0.15) is 5.25 Å². The Morgan fingerprint density at radius 1 is 0.923 bits per heavy atom. The number of halogens is 2. The molecule has 1 amide bonds. The van der Waals surface area contributed by atoms with Crippen molar-refractivity contribution in [1.29, 1.82) is 0 Å². The SMILES string of the molecule is Cc1ccc(NC(=O)C(Sc2ccc(F)c(F)c2)c2ccccc2)cc1. The Morgan fingerprint density at radius 2 is 1.62 bits per heavy atom. The van der Waals surface area contributed by atoms with Crippen LogP contribution in [0.4, 0.5) is 14.5 Å². The molecule has 132 valence electrons. The number of thioether (sulfide) groups is 1. The largest absolute Gasteiger partial charge is 0.325 e. The maximum absolute atomic E-state index is 13.5. The molecule has 0 fully saturated rings. The summed E-state index contributed by atoms with van der Waals surface area (Å²) in [7, 11) is 0. The Morgan fingerprint density at radius 3 is 2.27 bits per heavy atom. The molecule has 0 saturated carbocycles. The summed E-state index contributed by atoms with van der Waals surface area (Å²) in [5.41, 5.74) is 2.57. The van der Waals surface area contributed by atoms with Crippen LogP contribution in [0.25, 0.3) is 0 Å². The molecule has 1 atom stereocenters. The van der Waals surface area contributed by atoms with Gasteiger partial charge in [-0.1, -0.05) is 48.0 Å². The standard InChI is InChI=1S/C21H17F2NOS/c1-14-7-9-16(10-8-14)24-21(25)20(15-5-3-2-4-6-15)26-17-11-12-18(22)19(23)13-17/h2-13,20H,1H3,(H,24,25). The molecule has 0 bridgehead atoms. The highest BCUT2D eigenvalue weighted by molar-refractivity contribution is 8.00. The molecule has 0 aliphatic heterocycles. The lowest BCUT2D eigenvalue weighted by molar-refractivity contribution is -0.115. The van der Waals surface area contributed by atoms with Crippen molar-refractivity contribution in [3.05, 3.63) is 95.6 Å². The average molecular weight is 369 g/mol. The fraction of sp³-hybridized carbons (Fsp3) is 0.0952. The molecular weight excluding hydrogens is 352 g/mol. The predicted molar refractivity (Wildman–Crippen MR) is 101 cm³/mol. The van der Waals surface area contributed by atoms with E-state index >= 15 is 0 Å². The molecule has 26 heavy (non-hydrogen) atoms. The van der Waals surface area contributed by atoms with Crippen LogP contribution in [0.5, 0.6) is 0 Å². The number of hydrogen-bond donors (Lipinski definition) is 1. The molecule has 0 heterocycles. The normalized spacial score (nSPS) is 11.8. The first-order valence-corrected chi connectivity index (χ1v) is 8.95. The van der Waals surface area contributed by atoms with Gasteiger partial charge in [0, 0.05) is 10.6 Å². The third kappa shape index (κ3) is 4.49. The summed E-state index contributed by atoms with van der Waals surface area (Å²) in [6.45, 7) is 1.97. The Bertz CT molecular complexity index is 898. The third-order valence-corrected chi connectivity index (χ3v) is 5.05. The van der Waals surface area contributed by atoms with E-state index in [-0.39, 0.29) is 5.91 Å². The van der Waals surface area contributed by atoms with E-state index < -0.39 is 16.9 Å². The molecule has 0 saturated heterocycles. The molecule has 0 spiro atoms. The van der Waals surface area contributed by atoms with Gasteiger partial charge in [-0.2, -0.15) is 0 Å². The highest BCUT2D eigenvalue weighted by Crippen LogP contribution is 2.36. The van der Waals surface area contributed by atoms with Gasteiger partial charge in [-0.25, -0.2) is 8.78 Å². The monoisotopic (exact) mass is 369 g/mol. The smallest absolute Gasteiger partial charge is 0.242 e. The number of rotatable bonds is 5. The van der Waals surface area contributed by atoms with Gasteiger partial charge < -0.3 is 5.32 Å². The zero-order valence-corrected chi connectivity index (χ0v) is 14.9. The Hall–Kier alpha value is -2.66. The summed E-state index contributed by atoms with van der Waals surface area (Å²) >= 11 is 1.18. The Labute approximate surface area is 155 Å². The van der Waals surface area contributed by atoms with Crippen LogP contribution in [0.15, 0.2) is 77.7 Å². The molecule has 1 unspecified atom stereocenters. The van der Waals surface area contributed by atoms with Crippen molar-refractivity contribution >= 4 is 23.4 Å². The van der Waals surface area contributed by atoms with E-state index in [9.17, 15) is 13.6 Å². The molecule has 0 aliphatic carbocycles. The predicted octanol–water partition coefficient (Wildman–Crippen LogP) is 5.75. The number of amides is 1. The molecular formula is C21H17F2NOS.